The number of pyridine rings is 1. The first-order valence-corrected chi connectivity index (χ1v) is 7.47. The van der Waals surface area contributed by atoms with Crippen LogP contribution >= 0.6 is 0 Å². The van der Waals surface area contributed by atoms with E-state index in [0.29, 0.717) is 17.6 Å². The van der Waals surface area contributed by atoms with Gasteiger partial charge in [0.25, 0.3) is 0 Å². The third-order valence-electron chi connectivity index (χ3n) is 4.19. The number of nitrogens with zero attached hydrogens (tertiary/aromatic N) is 4. The van der Waals surface area contributed by atoms with Crippen LogP contribution in [0.4, 0.5) is 5.69 Å². The van der Waals surface area contributed by atoms with E-state index in [0.717, 1.165) is 24.4 Å². The second-order valence-electron chi connectivity index (χ2n) is 6.06. The lowest BCUT2D eigenvalue weighted by molar-refractivity contribution is 0.138. The van der Waals surface area contributed by atoms with Crippen molar-refractivity contribution in [2.24, 2.45) is 5.92 Å². The van der Waals surface area contributed by atoms with E-state index in [1.807, 2.05) is 18.3 Å². The highest BCUT2D eigenvalue weighted by Crippen LogP contribution is 2.22. The predicted octanol–water partition coefficient (Wildman–Crippen LogP) is 1.97. The van der Waals surface area contributed by atoms with E-state index < -0.39 is 0 Å². The summed E-state index contributed by atoms with van der Waals surface area (Å²) in [6.45, 7) is 6.92. The summed E-state index contributed by atoms with van der Waals surface area (Å²) in [6.07, 6.45) is 5.40. The molecular weight excluding hydrogens is 250 g/mol. The molecule has 3 rings (SSSR count). The van der Waals surface area contributed by atoms with Crippen LogP contribution in [-0.2, 0) is 6.42 Å². The van der Waals surface area contributed by atoms with Gasteiger partial charge >= 0.3 is 0 Å². The quantitative estimate of drug-likeness (QED) is 0.929. The first-order valence-electron chi connectivity index (χ1n) is 7.47. The van der Waals surface area contributed by atoms with Gasteiger partial charge in [-0.1, -0.05) is 0 Å². The smallest absolute Gasteiger partial charge is 0.178 e. The van der Waals surface area contributed by atoms with Crippen LogP contribution in [0.3, 0.4) is 0 Å². The molecule has 5 nitrogen and oxygen atoms in total. The third-order valence-corrected chi connectivity index (χ3v) is 4.19. The number of likely N-dealkylation sites (tertiary alicyclic amines) is 1. The molecular formula is C15H23N5. The molecule has 0 bridgehead atoms. The molecule has 0 spiro atoms. The fourth-order valence-electron chi connectivity index (χ4n) is 3.05. The molecule has 1 unspecified atom stereocenters. The van der Waals surface area contributed by atoms with Gasteiger partial charge in [-0.05, 0) is 51.3 Å². The van der Waals surface area contributed by atoms with E-state index in [2.05, 4.69) is 28.8 Å². The molecule has 0 saturated carbocycles. The normalized spacial score (nSPS) is 20.9. The minimum absolute atomic E-state index is 0.627. The van der Waals surface area contributed by atoms with Gasteiger partial charge in [-0.25, -0.2) is 9.50 Å². The van der Waals surface area contributed by atoms with Gasteiger partial charge in [0, 0.05) is 25.2 Å². The van der Waals surface area contributed by atoms with E-state index in [9.17, 15) is 0 Å². The molecule has 1 fully saturated rings. The molecule has 2 aromatic heterocycles. The van der Waals surface area contributed by atoms with Gasteiger partial charge in [-0.15, -0.1) is 0 Å². The van der Waals surface area contributed by atoms with Crippen molar-refractivity contribution in [3.8, 4) is 0 Å². The zero-order valence-electron chi connectivity index (χ0n) is 12.3. The zero-order chi connectivity index (χ0) is 14.1. The molecule has 5 heteroatoms. The van der Waals surface area contributed by atoms with E-state index in [1.165, 1.54) is 19.4 Å². The number of hydrogen-bond donors (Lipinski definition) is 1. The summed E-state index contributed by atoms with van der Waals surface area (Å²) < 4.78 is 1.79. The molecule has 2 N–H and O–H groups in total. The highest BCUT2D eigenvalue weighted by Gasteiger charge is 2.23. The Kier molecular flexibility index (Phi) is 3.61. The summed E-state index contributed by atoms with van der Waals surface area (Å²) in [6, 6.07) is 4.40. The molecule has 1 saturated heterocycles. The second kappa shape index (κ2) is 5.40. The lowest BCUT2D eigenvalue weighted by Crippen LogP contribution is -2.40. The van der Waals surface area contributed by atoms with E-state index in [4.69, 9.17) is 5.73 Å². The molecule has 1 atom stereocenters. The predicted molar refractivity (Wildman–Crippen MR) is 80.5 cm³/mol. The van der Waals surface area contributed by atoms with Crippen LogP contribution in [0.2, 0.25) is 0 Å². The highest BCUT2D eigenvalue weighted by atomic mass is 15.3. The number of hydrogen-bond acceptors (Lipinski definition) is 4. The van der Waals surface area contributed by atoms with Crippen LogP contribution in [0.25, 0.3) is 5.65 Å². The Bertz CT molecular complexity index is 589. The summed E-state index contributed by atoms with van der Waals surface area (Å²) in [7, 11) is 0. The van der Waals surface area contributed by atoms with Crippen LogP contribution in [-0.4, -0.2) is 38.6 Å². The third kappa shape index (κ3) is 2.63. The van der Waals surface area contributed by atoms with Gasteiger partial charge in [-0.3, -0.25) is 0 Å². The molecule has 1 aliphatic rings. The lowest BCUT2D eigenvalue weighted by Gasteiger charge is -2.35. The van der Waals surface area contributed by atoms with Crippen molar-refractivity contribution in [3.63, 3.8) is 0 Å². The first kappa shape index (κ1) is 13.4. The Morgan fingerprint density at radius 1 is 1.45 bits per heavy atom. The van der Waals surface area contributed by atoms with Gasteiger partial charge < -0.3 is 10.6 Å². The minimum atomic E-state index is 0.627. The number of nitrogens with two attached hydrogens (primary N) is 1. The van der Waals surface area contributed by atoms with Crippen LogP contribution in [0, 0.1) is 5.92 Å². The molecule has 0 aliphatic carbocycles. The fourth-order valence-corrected chi connectivity index (χ4v) is 3.05. The van der Waals surface area contributed by atoms with Gasteiger partial charge in [0.2, 0.25) is 0 Å². The van der Waals surface area contributed by atoms with Crippen molar-refractivity contribution < 1.29 is 0 Å². The SMILES string of the molecule is CC(C)N1CCCC(Cc2nc3c(N)cccn3n2)C1. The molecule has 20 heavy (non-hydrogen) atoms. The van der Waals surface area contributed by atoms with Gasteiger partial charge in [0.05, 0.1) is 5.69 Å². The van der Waals surface area contributed by atoms with Crippen LogP contribution in [0.5, 0.6) is 0 Å². The summed E-state index contributed by atoms with van der Waals surface area (Å²) in [5.74, 6) is 1.57. The number of aromatic nitrogens is 3. The summed E-state index contributed by atoms with van der Waals surface area (Å²) >= 11 is 0. The maximum Gasteiger partial charge on any atom is 0.178 e. The Morgan fingerprint density at radius 3 is 3.05 bits per heavy atom. The Labute approximate surface area is 119 Å². The Hall–Kier alpha value is -1.62. The summed E-state index contributed by atoms with van der Waals surface area (Å²) in [5, 5.41) is 4.54. The molecule has 0 radical (unpaired) electrons. The zero-order valence-corrected chi connectivity index (χ0v) is 12.3. The lowest BCUT2D eigenvalue weighted by atomic mass is 9.94. The highest BCUT2D eigenvalue weighted by molar-refractivity contribution is 5.63. The molecule has 3 heterocycles. The van der Waals surface area contributed by atoms with E-state index in [-0.39, 0.29) is 0 Å². The number of piperidine rings is 1. The van der Waals surface area contributed by atoms with Gasteiger partial charge in [-0.2, -0.15) is 5.10 Å². The maximum absolute atomic E-state index is 5.93. The summed E-state index contributed by atoms with van der Waals surface area (Å²) in [4.78, 5) is 7.14. The van der Waals surface area contributed by atoms with Gasteiger partial charge in [0.15, 0.2) is 11.5 Å². The van der Waals surface area contributed by atoms with Crippen LogP contribution in [0.1, 0.15) is 32.5 Å². The van der Waals surface area contributed by atoms with Crippen molar-refractivity contribution in [1.29, 1.82) is 0 Å². The number of anilines is 1. The maximum atomic E-state index is 5.93. The topological polar surface area (TPSA) is 59.5 Å². The number of fused-ring (bicyclic) bond motifs is 1. The van der Waals surface area contributed by atoms with Crippen molar-refractivity contribution >= 4 is 11.3 Å². The fraction of sp³-hybridized carbons (Fsp3) is 0.600. The minimum Gasteiger partial charge on any atom is -0.396 e. The molecule has 1 aliphatic heterocycles. The largest absolute Gasteiger partial charge is 0.396 e. The standard InChI is InChI=1S/C15H23N5/c1-11(2)19-7-3-5-12(10-19)9-14-17-15-13(16)6-4-8-20(15)18-14/h4,6,8,11-12H,3,5,7,9-10,16H2,1-2H3. The van der Waals surface area contributed by atoms with Crippen molar-refractivity contribution in [2.75, 3.05) is 18.8 Å². The average molecular weight is 273 g/mol. The molecule has 2 aromatic rings. The second-order valence-corrected chi connectivity index (χ2v) is 6.06. The van der Waals surface area contributed by atoms with Crippen LogP contribution < -0.4 is 5.73 Å². The Morgan fingerprint density at radius 2 is 2.30 bits per heavy atom. The molecule has 0 aromatic carbocycles. The van der Waals surface area contributed by atoms with Crippen molar-refractivity contribution in [1.82, 2.24) is 19.5 Å². The Balaban J connectivity index is 1.74. The van der Waals surface area contributed by atoms with E-state index >= 15 is 0 Å². The van der Waals surface area contributed by atoms with Crippen molar-refractivity contribution in [3.05, 3.63) is 24.2 Å². The van der Waals surface area contributed by atoms with Crippen molar-refractivity contribution in [2.45, 2.75) is 39.2 Å². The average Bonchev–Trinajstić information content (AvgIpc) is 2.83. The summed E-state index contributed by atoms with van der Waals surface area (Å²) in [5.41, 5.74) is 7.40. The van der Waals surface area contributed by atoms with Gasteiger partial charge in [0.1, 0.15) is 0 Å². The number of rotatable bonds is 3. The number of nitrogen functional groups attached to an aromatic ring is 1. The van der Waals surface area contributed by atoms with Crippen LogP contribution in [0.15, 0.2) is 18.3 Å². The monoisotopic (exact) mass is 273 g/mol. The first-order chi connectivity index (χ1) is 9.63. The molecule has 108 valence electrons. The molecule has 0 amide bonds. The van der Waals surface area contributed by atoms with E-state index in [1.54, 1.807) is 4.52 Å².